The van der Waals surface area contributed by atoms with Gasteiger partial charge in [0, 0.05) is 5.69 Å². The molecule has 15 heavy (non-hydrogen) atoms. The maximum Gasteiger partial charge on any atom is 0.153 e. The Morgan fingerprint density at radius 2 is 1.73 bits per heavy atom. The van der Waals surface area contributed by atoms with Gasteiger partial charge in [-0.2, -0.15) is 0 Å². The molecule has 1 aromatic carbocycles. The van der Waals surface area contributed by atoms with Gasteiger partial charge in [-0.1, -0.05) is 56.0 Å². The van der Waals surface area contributed by atoms with Gasteiger partial charge in [-0.3, -0.25) is 0 Å². The molecule has 0 saturated carbocycles. The van der Waals surface area contributed by atoms with E-state index < -0.39 is 15.7 Å². The van der Waals surface area contributed by atoms with E-state index in [0.717, 1.165) is 6.16 Å². The van der Waals surface area contributed by atoms with Gasteiger partial charge in [0.2, 0.25) is 0 Å². The van der Waals surface area contributed by atoms with Crippen molar-refractivity contribution in [3.05, 3.63) is 30.3 Å². The van der Waals surface area contributed by atoms with Crippen molar-refractivity contribution >= 4 is 32.6 Å². The van der Waals surface area contributed by atoms with Crippen LogP contribution in [0.2, 0.25) is 19.6 Å². The first-order chi connectivity index (χ1) is 6.96. The summed E-state index contributed by atoms with van der Waals surface area (Å²) in [5.41, 5.74) is 1.28. The fraction of sp³-hybridized carbons (Fsp3) is 0.455. The van der Waals surface area contributed by atoms with Crippen molar-refractivity contribution < 1.29 is 0 Å². The van der Waals surface area contributed by atoms with Crippen molar-refractivity contribution in [2.24, 2.45) is 0 Å². The van der Waals surface area contributed by atoms with Crippen LogP contribution in [0.3, 0.4) is 0 Å². The lowest BCUT2D eigenvalue weighted by atomic mass is 10.3. The maximum absolute atomic E-state index is 6.48. The summed E-state index contributed by atoms with van der Waals surface area (Å²) in [6.07, 6.45) is 1.04. The number of benzene rings is 1. The van der Waals surface area contributed by atoms with E-state index in [1.807, 2.05) is 6.07 Å². The summed E-state index contributed by atoms with van der Waals surface area (Å²) in [7, 11) is -1.92. The fourth-order valence-electron chi connectivity index (χ4n) is 1.55. The van der Waals surface area contributed by atoms with Crippen LogP contribution >= 0.6 is 18.7 Å². The Hall–Kier alpha value is -0.0431. The average molecular weight is 260 g/mol. The normalized spacial score (nSPS) is 13.7. The van der Waals surface area contributed by atoms with E-state index in [1.54, 1.807) is 0 Å². The van der Waals surface area contributed by atoms with Crippen molar-refractivity contribution in [1.29, 1.82) is 0 Å². The van der Waals surface area contributed by atoms with Crippen LogP contribution in [0.5, 0.6) is 0 Å². The van der Waals surface area contributed by atoms with Gasteiger partial charge in [-0.05, 0) is 18.3 Å². The summed E-state index contributed by atoms with van der Waals surface area (Å²) in [6.45, 7) is 9.18. The lowest BCUT2D eigenvalue weighted by Gasteiger charge is -2.39. The van der Waals surface area contributed by atoms with Crippen LogP contribution in [-0.4, -0.2) is 14.4 Å². The van der Waals surface area contributed by atoms with Gasteiger partial charge in [-0.15, -0.1) is 0 Å². The monoisotopic (exact) mass is 259 g/mol. The molecule has 1 unspecified atom stereocenters. The minimum Gasteiger partial charge on any atom is -0.366 e. The molecule has 4 heteroatoms. The molecule has 0 heterocycles. The molecule has 0 aliphatic carbocycles. The van der Waals surface area contributed by atoms with E-state index in [4.69, 9.17) is 11.2 Å². The molecule has 0 saturated heterocycles. The Labute approximate surface area is 100 Å². The molecule has 0 radical (unpaired) electrons. The van der Waals surface area contributed by atoms with E-state index in [1.165, 1.54) is 5.69 Å². The molecular weight excluding hydrogens is 241 g/mol. The van der Waals surface area contributed by atoms with E-state index in [0.29, 0.717) is 0 Å². The first-order valence-electron chi connectivity index (χ1n) is 5.25. The zero-order chi connectivity index (χ0) is 11.5. The van der Waals surface area contributed by atoms with Crippen molar-refractivity contribution in [2.75, 3.05) is 10.5 Å². The number of hydrogen-bond donors (Lipinski definition) is 0. The summed E-state index contributed by atoms with van der Waals surface area (Å²) in [5, 5.41) is 0. The van der Waals surface area contributed by atoms with Gasteiger partial charge < -0.3 is 4.34 Å². The topological polar surface area (TPSA) is 3.24 Å². The highest BCUT2D eigenvalue weighted by molar-refractivity contribution is 7.87. The highest BCUT2D eigenvalue weighted by atomic mass is 35.7. The molecule has 1 aromatic rings. The summed E-state index contributed by atoms with van der Waals surface area (Å²) >= 11 is 6.48. The van der Waals surface area contributed by atoms with Crippen LogP contribution in [0.1, 0.15) is 6.92 Å². The zero-order valence-corrected chi connectivity index (χ0v) is 12.5. The van der Waals surface area contributed by atoms with Gasteiger partial charge in [0.05, 0.1) is 7.43 Å². The predicted molar refractivity (Wildman–Crippen MR) is 75.6 cm³/mol. The standard InChI is InChI=1S/C11H19ClNPSi/c1-5-14(12)13(15(2,3)4)11-9-7-6-8-10-11/h6-10H,5H2,1-4H3. The number of rotatable bonds is 4. The first kappa shape index (κ1) is 13.0. The largest absolute Gasteiger partial charge is 0.366 e. The minimum atomic E-state index is -1.38. The molecule has 1 rings (SSSR count). The van der Waals surface area contributed by atoms with Crippen LogP contribution in [-0.2, 0) is 0 Å². The maximum atomic E-state index is 6.48. The molecule has 0 aliphatic rings. The Morgan fingerprint density at radius 1 is 1.20 bits per heavy atom. The second-order valence-corrected chi connectivity index (χ2v) is 12.5. The lowest BCUT2D eigenvalue weighted by Crippen LogP contribution is -2.41. The van der Waals surface area contributed by atoms with Crippen LogP contribution in [0.4, 0.5) is 5.69 Å². The van der Waals surface area contributed by atoms with E-state index in [9.17, 15) is 0 Å². The highest BCUT2D eigenvalue weighted by Gasteiger charge is 2.29. The molecule has 0 N–H and O–H groups in total. The average Bonchev–Trinajstić information content (AvgIpc) is 2.17. The first-order valence-corrected chi connectivity index (χ1v) is 11.1. The number of anilines is 1. The molecule has 0 fully saturated rings. The Kier molecular flexibility index (Phi) is 4.63. The number of hydrogen-bond acceptors (Lipinski definition) is 1. The molecule has 0 amide bonds. The van der Waals surface area contributed by atoms with E-state index in [2.05, 4.69) is 55.2 Å². The van der Waals surface area contributed by atoms with Gasteiger partial charge >= 0.3 is 0 Å². The van der Waals surface area contributed by atoms with E-state index >= 15 is 0 Å². The number of halogens is 1. The van der Waals surface area contributed by atoms with Gasteiger partial charge in [-0.25, -0.2) is 0 Å². The lowest BCUT2D eigenvalue weighted by molar-refractivity contribution is 1.41. The highest BCUT2D eigenvalue weighted by Crippen LogP contribution is 2.50. The third-order valence-corrected chi connectivity index (χ3v) is 8.91. The third-order valence-electron chi connectivity index (χ3n) is 2.11. The molecule has 0 spiro atoms. The van der Waals surface area contributed by atoms with Crippen molar-refractivity contribution in [2.45, 2.75) is 26.6 Å². The number of para-hydroxylation sites is 1. The second kappa shape index (κ2) is 5.34. The van der Waals surface area contributed by atoms with Crippen LogP contribution < -0.4 is 4.34 Å². The van der Waals surface area contributed by atoms with Crippen LogP contribution in [0, 0.1) is 0 Å². The fourth-order valence-corrected chi connectivity index (χ4v) is 8.47. The predicted octanol–water partition coefficient (Wildman–Crippen LogP) is 4.90. The quantitative estimate of drug-likeness (QED) is 0.549. The minimum absolute atomic E-state index is 0.539. The summed E-state index contributed by atoms with van der Waals surface area (Å²) in [4.78, 5) is 0. The van der Waals surface area contributed by atoms with Crippen LogP contribution in [0.25, 0.3) is 0 Å². The van der Waals surface area contributed by atoms with Crippen molar-refractivity contribution in [1.82, 2.24) is 0 Å². The molecular formula is C11H19ClNPSi. The summed E-state index contributed by atoms with van der Waals surface area (Å²) in [6, 6.07) is 10.5. The summed E-state index contributed by atoms with van der Waals surface area (Å²) in [5.74, 6) is 0. The van der Waals surface area contributed by atoms with E-state index in [-0.39, 0.29) is 0 Å². The molecule has 1 atom stereocenters. The molecule has 84 valence electrons. The van der Waals surface area contributed by atoms with Gasteiger partial charge in [0.1, 0.15) is 0 Å². The molecule has 0 aliphatic heterocycles. The Bertz CT molecular complexity index is 299. The molecule has 0 bridgehead atoms. The molecule has 0 aromatic heterocycles. The smallest absolute Gasteiger partial charge is 0.153 e. The van der Waals surface area contributed by atoms with Gasteiger partial charge in [0.25, 0.3) is 0 Å². The van der Waals surface area contributed by atoms with Crippen molar-refractivity contribution in [3.63, 3.8) is 0 Å². The van der Waals surface area contributed by atoms with Crippen LogP contribution in [0.15, 0.2) is 30.3 Å². The summed E-state index contributed by atoms with van der Waals surface area (Å²) < 4.78 is 2.46. The second-order valence-electron chi connectivity index (χ2n) is 4.47. The SMILES string of the molecule is CCP(Cl)N(c1ccccc1)[Si](C)(C)C. The Morgan fingerprint density at radius 3 is 2.13 bits per heavy atom. The molecule has 1 nitrogen and oxygen atoms in total. The Balaban J connectivity index is 3.02. The third kappa shape index (κ3) is 3.48. The zero-order valence-electron chi connectivity index (χ0n) is 9.87. The number of nitrogens with zero attached hydrogens (tertiary/aromatic N) is 1. The van der Waals surface area contributed by atoms with Gasteiger partial charge in [0.15, 0.2) is 8.24 Å². The van der Waals surface area contributed by atoms with Crippen molar-refractivity contribution in [3.8, 4) is 0 Å².